The zero-order valence-corrected chi connectivity index (χ0v) is 6.38. The van der Waals surface area contributed by atoms with Gasteiger partial charge in [-0.1, -0.05) is 12.2 Å². The predicted octanol–water partition coefficient (Wildman–Crippen LogP) is 0.900. The summed E-state index contributed by atoms with van der Waals surface area (Å²) in [5.41, 5.74) is -0.931. The minimum atomic E-state index is -0.931. The Morgan fingerprint density at radius 3 is 2.60 bits per heavy atom. The zero-order valence-electron chi connectivity index (χ0n) is 6.38. The fraction of sp³-hybridized carbons (Fsp3) is 0.625. The molecule has 0 spiro atoms. The van der Waals surface area contributed by atoms with E-state index in [-0.39, 0.29) is 6.61 Å². The Morgan fingerprint density at radius 2 is 2.20 bits per heavy atom. The van der Waals surface area contributed by atoms with Crippen molar-refractivity contribution in [1.82, 2.24) is 0 Å². The average Bonchev–Trinajstić information content (AvgIpc) is 1.89. The molecule has 0 saturated carbocycles. The molecule has 1 radical (unpaired) electrons. The van der Waals surface area contributed by atoms with Gasteiger partial charge in [-0.2, -0.15) is 0 Å². The summed E-state index contributed by atoms with van der Waals surface area (Å²) in [7, 11) is 0. The van der Waals surface area contributed by atoms with Gasteiger partial charge in [-0.3, -0.25) is 0 Å². The lowest BCUT2D eigenvalue weighted by molar-refractivity contribution is -0.00421. The Balaban J connectivity index is 3.46. The van der Waals surface area contributed by atoms with Crippen LogP contribution in [0.2, 0.25) is 0 Å². The van der Waals surface area contributed by atoms with Gasteiger partial charge in [0.25, 0.3) is 0 Å². The second kappa shape index (κ2) is 4.47. The maximum absolute atomic E-state index is 9.25. The Kier molecular flexibility index (Phi) is 4.32. The highest BCUT2D eigenvalue weighted by Crippen LogP contribution is 2.10. The van der Waals surface area contributed by atoms with E-state index in [1.807, 2.05) is 6.08 Å². The molecule has 0 rings (SSSR count). The van der Waals surface area contributed by atoms with E-state index in [1.54, 1.807) is 13.0 Å². The normalized spacial score (nSPS) is 17.6. The third-order valence-corrected chi connectivity index (χ3v) is 1.36. The van der Waals surface area contributed by atoms with Gasteiger partial charge in [0, 0.05) is 0 Å². The van der Waals surface area contributed by atoms with Crippen molar-refractivity contribution in [2.45, 2.75) is 25.4 Å². The van der Waals surface area contributed by atoms with Crippen molar-refractivity contribution in [3.63, 3.8) is 0 Å². The van der Waals surface area contributed by atoms with E-state index < -0.39 is 5.60 Å². The molecule has 0 aliphatic heterocycles. The molecule has 10 heavy (non-hydrogen) atoms. The van der Waals surface area contributed by atoms with E-state index in [4.69, 9.17) is 5.11 Å². The monoisotopic (exact) mass is 143 g/mol. The van der Waals surface area contributed by atoms with Gasteiger partial charge in [0.2, 0.25) is 0 Å². The Hall–Kier alpha value is -0.340. The van der Waals surface area contributed by atoms with Crippen LogP contribution < -0.4 is 0 Å². The van der Waals surface area contributed by atoms with Crippen LogP contribution in [-0.4, -0.2) is 22.4 Å². The number of allylic oxidation sites excluding steroid dienone is 2. The van der Waals surface area contributed by atoms with Gasteiger partial charge in [-0.05, 0) is 26.7 Å². The summed E-state index contributed by atoms with van der Waals surface area (Å²) in [6, 6.07) is 0. The van der Waals surface area contributed by atoms with Crippen LogP contribution in [0.15, 0.2) is 12.2 Å². The maximum atomic E-state index is 9.25. The van der Waals surface area contributed by atoms with E-state index in [0.717, 1.165) is 6.42 Å². The van der Waals surface area contributed by atoms with Crippen LogP contribution in [0.5, 0.6) is 0 Å². The highest BCUT2D eigenvalue weighted by atomic mass is 16.3. The SMILES string of the molecule is [CH2]/C=C/CCC(C)(O)CO. The minimum Gasteiger partial charge on any atom is -0.393 e. The van der Waals surface area contributed by atoms with E-state index >= 15 is 0 Å². The molecule has 2 nitrogen and oxygen atoms in total. The van der Waals surface area contributed by atoms with Crippen LogP contribution in [0.1, 0.15) is 19.8 Å². The number of aliphatic hydroxyl groups excluding tert-OH is 1. The van der Waals surface area contributed by atoms with E-state index in [2.05, 4.69) is 6.92 Å². The molecular formula is C8H15O2. The second-order valence-corrected chi connectivity index (χ2v) is 2.67. The molecule has 0 aromatic carbocycles. The van der Waals surface area contributed by atoms with Gasteiger partial charge in [0.1, 0.15) is 0 Å². The smallest absolute Gasteiger partial charge is 0.0852 e. The average molecular weight is 143 g/mol. The van der Waals surface area contributed by atoms with Crippen LogP contribution in [0, 0.1) is 6.92 Å². The fourth-order valence-electron chi connectivity index (χ4n) is 0.591. The summed E-state index contributed by atoms with van der Waals surface area (Å²) in [6.07, 6.45) is 4.89. The fourth-order valence-corrected chi connectivity index (χ4v) is 0.591. The molecular weight excluding hydrogens is 128 g/mol. The first-order chi connectivity index (χ1) is 4.62. The van der Waals surface area contributed by atoms with Crippen LogP contribution in [0.25, 0.3) is 0 Å². The first kappa shape index (κ1) is 9.66. The quantitative estimate of drug-likeness (QED) is 0.614. The second-order valence-electron chi connectivity index (χ2n) is 2.67. The summed E-state index contributed by atoms with van der Waals surface area (Å²) >= 11 is 0. The Bertz CT molecular complexity index is 106. The van der Waals surface area contributed by atoms with Gasteiger partial charge >= 0.3 is 0 Å². The van der Waals surface area contributed by atoms with Crippen molar-refractivity contribution in [1.29, 1.82) is 0 Å². The Labute approximate surface area is 62.2 Å². The summed E-state index contributed by atoms with van der Waals surface area (Å²) in [5, 5.41) is 17.8. The lowest BCUT2D eigenvalue weighted by Gasteiger charge is -2.18. The van der Waals surface area contributed by atoms with E-state index in [9.17, 15) is 5.11 Å². The van der Waals surface area contributed by atoms with Crippen LogP contribution in [0.3, 0.4) is 0 Å². The van der Waals surface area contributed by atoms with Gasteiger partial charge in [0.05, 0.1) is 12.2 Å². The first-order valence-electron chi connectivity index (χ1n) is 3.40. The molecule has 2 heteroatoms. The Morgan fingerprint density at radius 1 is 1.60 bits per heavy atom. The number of hydrogen-bond acceptors (Lipinski definition) is 2. The van der Waals surface area contributed by atoms with Gasteiger partial charge < -0.3 is 10.2 Å². The van der Waals surface area contributed by atoms with Gasteiger partial charge in [-0.25, -0.2) is 0 Å². The summed E-state index contributed by atoms with van der Waals surface area (Å²) in [5.74, 6) is 0. The van der Waals surface area contributed by atoms with Crippen molar-refractivity contribution in [3.05, 3.63) is 19.1 Å². The summed E-state index contributed by atoms with van der Waals surface area (Å²) in [4.78, 5) is 0. The molecule has 0 aliphatic rings. The third kappa shape index (κ3) is 4.53. The van der Waals surface area contributed by atoms with Crippen LogP contribution in [-0.2, 0) is 0 Å². The lowest BCUT2D eigenvalue weighted by Crippen LogP contribution is -2.28. The van der Waals surface area contributed by atoms with Crippen LogP contribution >= 0.6 is 0 Å². The first-order valence-corrected chi connectivity index (χ1v) is 3.40. The standard InChI is InChI=1S/C8H15O2/c1-3-4-5-6-8(2,10)7-9/h3-4,9-10H,1,5-7H2,2H3/b4-3+. The van der Waals surface area contributed by atoms with Crippen molar-refractivity contribution in [2.75, 3.05) is 6.61 Å². The highest BCUT2D eigenvalue weighted by molar-refractivity contribution is 4.86. The predicted molar refractivity (Wildman–Crippen MR) is 41.4 cm³/mol. The molecule has 59 valence electrons. The molecule has 0 bridgehead atoms. The molecule has 0 saturated heterocycles. The van der Waals surface area contributed by atoms with E-state index in [1.165, 1.54) is 0 Å². The third-order valence-electron chi connectivity index (χ3n) is 1.36. The number of hydrogen-bond donors (Lipinski definition) is 2. The zero-order chi connectivity index (χ0) is 8.04. The van der Waals surface area contributed by atoms with Gasteiger partial charge in [-0.15, -0.1) is 0 Å². The molecule has 0 amide bonds. The number of aliphatic hydroxyl groups is 2. The lowest BCUT2D eigenvalue weighted by atomic mass is 10.0. The van der Waals surface area contributed by atoms with Crippen molar-refractivity contribution in [2.24, 2.45) is 0 Å². The summed E-state index contributed by atoms with van der Waals surface area (Å²) < 4.78 is 0. The molecule has 1 unspecified atom stereocenters. The van der Waals surface area contributed by atoms with Crippen molar-refractivity contribution >= 4 is 0 Å². The molecule has 0 heterocycles. The largest absolute Gasteiger partial charge is 0.393 e. The topological polar surface area (TPSA) is 40.5 Å². The van der Waals surface area contributed by atoms with Crippen LogP contribution in [0.4, 0.5) is 0 Å². The molecule has 0 fully saturated rings. The van der Waals surface area contributed by atoms with E-state index in [0.29, 0.717) is 6.42 Å². The van der Waals surface area contributed by atoms with Crippen molar-refractivity contribution in [3.8, 4) is 0 Å². The van der Waals surface area contributed by atoms with Gasteiger partial charge in [0.15, 0.2) is 0 Å². The molecule has 1 atom stereocenters. The minimum absolute atomic E-state index is 0.183. The summed E-state index contributed by atoms with van der Waals surface area (Å²) in [6.45, 7) is 4.94. The van der Waals surface area contributed by atoms with Crippen molar-refractivity contribution < 1.29 is 10.2 Å². The molecule has 0 aromatic heterocycles. The molecule has 2 N–H and O–H groups in total. The molecule has 0 aliphatic carbocycles. The maximum Gasteiger partial charge on any atom is 0.0852 e. The number of rotatable bonds is 4. The highest BCUT2D eigenvalue weighted by Gasteiger charge is 2.16. The molecule has 0 aromatic rings.